The molecule has 1 aliphatic heterocycles. The number of hydrogen-bond acceptors (Lipinski definition) is 3. The largest absolute Gasteiger partial charge is 0.292 e. The Hall–Kier alpha value is -1.94. The minimum atomic E-state index is -0.298. The van der Waals surface area contributed by atoms with Gasteiger partial charge in [-0.15, -0.1) is 0 Å². The van der Waals surface area contributed by atoms with Crippen LogP contribution in [0.3, 0.4) is 0 Å². The summed E-state index contributed by atoms with van der Waals surface area (Å²) < 4.78 is 0. The smallest absolute Gasteiger partial charge is 0.258 e. The SMILES string of the molecule is O=C1Cc2cc(-c3ccsc3)ccc2C(=O)N1. The number of imide groups is 1. The standard InChI is InChI=1S/C13H9NO2S/c15-12-6-10-5-8(9-3-4-17-7-9)1-2-11(10)13(16)14-12/h1-5,7H,6H2,(H,14,15,16). The number of thiophene rings is 1. The molecule has 1 aromatic carbocycles. The molecule has 1 aromatic heterocycles. The van der Waals surface area contributed by atoms with E-state index in [-0.39, 0.29) is 18.2 Å². The fourth-order valence-corrected chi connectivity index (χ4v) is 2.65. The first kappa shape index (κ1) is 10.2. The van der Waals surface area contributed by atoms with Gasteiger partial charge in [0.2, 0.25) is 5.91 Å². The average Bonchev–Trinajstić information content (AvgIpc) is 2.81. The lowest BCUT2D eigenvalue weighted by Crippen LogP contribution is -2.37. The van der Waals surface area contributed by atoms with E-state index in [0.717, 1.165) is 16.7 Å². The predicted molar refractivity (Wildman–Crippen MR) is 65.9 cm³/mol. The summed E-state index contributed by atoms with van der Waals surface area (Å²) in [6, 6.07) is 7.64. The van der Waals surface area contributed by atoms with Gasteiger partial charge in [-0.05, 0) is 45.6 Å². The Morgan fingerprint density at radius 2 is 2.00 bits per heavy atom. The number of nitrogens with one attached hydrogen (secondary N) is 1. The molecule has 1 aliphatic rings. The first-order valence-corrected chi connectivity index (χ1v) is 6.18. The molecule has 3 nitrogen and oxygen atoms in total. The van der Waals surface area contributed by atoms with E-state index in [2.05, 4.69) is 5.32 Å². The van der Waals surface area contributed by atoms with Gasteiger partial charge in [-0.2, -0.15) is 11.3 Å². The fourth-order valence-electron chi connectivity index (χ4n) is 1.98. The second kappa shape index (κ2) is 3.82. The minimum absolute atomic E-state index is 0.232. The van der Waals surface area contributed by atoms with Crippen LogP contribution >= 0.6 is 11.3 Å². The van der Waals surface area contributed by atoms with E-state index >= 15 is 0 Å². The van der Waals surface area contributed by atoms with E-state index in [9.17, 15) is 9.59 Å². The van der Waals surface area contributed by atoms with Crippen molar-refractivity contribution in [3.63, 3.8) is 0 Å². The summed E-state index contributed by atoms with van der Waals surface area (Å²) in [6.45, 7) is 0. The molecule has 84 valence electrons. The molecule has 4 heteroatoms. The van der Waals surface area contributed by atoms with Crippen LogP contribution in [0.4, 0.5) is 0 Å². The van der Waals surface area contributed by atoms with Gasteiger partial charge < -0.3 is 0 Å². The van der Waals surface area contributed by atoms with Crippen molar-refractivity contribution >= 4 is 23.2 Å². The van der Waals surface area contributed by atoms with Crippen LogP contribution in [0.5, 0.6) is 0 Å². The molecule has 2 aromatic rings. The quantitative estimate of drug-likeness (QED) is 0.781. The number of hydrogen-bond donors (Lipinski definition) is 1. The molecule has 0 radical (unpaired) electrons. The van der Waals surface area contributed by atoms with E-state index in [0.29, 0.717) is 5.56 Å². The van der Waals surface area contributed by atoms with Gasteiger partial charge in [0.1, 0.15) is 0 Å². The van der Waals surface area contributed by atoms with Gasteiger partial charge in [0.25, 0.3) is 5.91 Å². The third-order valence-electron chi connectivity index (χ3n) is 2.81. The molecule has 0 saturated carbocycles. The predicted octanol–water partition coefficient (Wildman–Crippen LogP) is 2.23. The lowest BCUT2D eigenvalue weighted by Gasteiger charge is -2.15. The van der Waals surface area contributed by atoms with Crippen molar-refractivity contribution in [2.45, 2.75) is 6.42 Å². The maximum absolute atomic E-state index is 11.6. The maximum atomic E-state index is 11.6. The maximum Gasteiger partial charge on any atom is 0.258 e. The molecule has 2 amide bonds. The third-order valence-corrected chi connectivity index (χ3v) is 3.49. The lowest BCUT2D eigenvalue weighted by molar-refractivity contribution is -0.119. The molecule has 0 spiro atoms. The van der Waals surface area contributed by atoms with Crippen LogP contribution in [0.1, 0.15) is 15.9 Å². The molecule has 3 rings (SSSR count). The molecule has 0 fully saturated rings. The zero-order valence-corrected chi connectivity index (χ0v) is 9.71. The van der Waals surface area contributed by atoms with Gasteiger partial charge in [0, 0.05) is 5.56 Å². The first-order chi connectivity index (χ1) is 8.24. The van der Waals surface area contributed by atoms with E-state index in [1.54, 1.807) is 17.4 Å². The zero-order chi connectivity index (χ0) is 11.8. The molecule has 2 heterocycles. The topological polar surface area (TPSA) is 46.2 Å². The second-order valence-electron chi connectivity index (χ2n) is 3.94. The third kappa shape index (κ3) is 1.76. The second-order valence-corrected chi connectivity index (χ2v) is 4.72. The fraction of sp³-hybridized carbons (Fsp3) is 0.0769. The van der Waals surface area contributed by atoms with Gasteiger partial charge in [0.05, 0.1) is 6.42 Å². The Morgan fingerprint density at radius 3 is 2.76 bits per heavy atom. The molecule has 0 aliphatic carbocycles. The number of amides is 2. The normalized spacial score (nSPS) is 14.4. The van der Waals surface area contributed by atoms with Crippen molar-refractivity contribution in [2.24, 2.45) is 0 Å². The zero-order valence-electron chi connectivity index (χ0n) is 8.90. The van der Waals surface area contributed by atoms with Crippen molar-refractivity contribution in [1.82, 2.24) is 5.32 Å². The van der Waals surface area contributed by atoms with Gasteiger partial charge in [-0.25, -0.2) is 0 Å². The summed E-state index contributed by atoms with van der Waals surface area (Å²) >= 11 is 1.63. The molecule has 17 heavy (non-hydrogen) atoms. The number of rotatable bonds is 1. The van der Waals surface area contributed by atoms with Crippen LogP contribution in [-0.2, 0) is 11.2 Å². The summed E-state index contributed by atoms with van der Waals surface area (Å²) in [5.41, 5.74) is 3.58. The number of carbonyl (C=O) groups is 2. The summed E-state index contributed by atoms with van der Waals surface area (Å²) in [4.78, 5) is 22.9. The van der Waals surface area contributed by atoms with Crippen molar-refractivity contribution in [2.75, 3.05) is 0 Å². The van der Waals surface area contributed by atoms with E-state index in [1.165, 1.54) is 0 Å². The van der Waals surface area contributed by atoms with Crippen LogP contribution in [-0.4, -0.2) is 11.8 Å². The average molecular weight is 243 g/mol. The van der Waals surface area contributed by atoms with Crippen LogP contribution in [0.25, 0.3) is 11.1 Å². The summed E-state index contributed by atoms with van der Waals surface area (Å²) in [7, 11) is 0. The van der Waals surface area contributed by atoms with Gasteiger partial charge >= 0.3 is 0 Å². The highest BCUT2D eigenvalue weighted by atomic mass is 32.1. The van der Waals surface area contributed by atoms with Crippen LogP contribution in [0.15, 0.2) is 35.0 Å². The minimum Gasteiger partial charge on any atom is -0.292 e. The van der Waals surface area contributed by atoms with Gasteiger partial charge in [-0.3, -0.25) is 14.9 Å². The van der Waals surface area contributed by atoms with Crippen molar-refractivity contribution < 1.29 is 9.59 Å². The van der Waals surface area contributed by atoms with Crippen LogP contribution < -0.4 is 5.32 Å². The highest BCUT2D eigenvalue weighted by molar-refractivity contribution is 7.08. The Morgan fingerprint density at radius 1 is 1.12 bits per heavy atom. The van der Waals surface area contributed by atoms with E-state index < -0.39 is 0 Å². The Bertz CT molecular complexity index is 602. The summed E-state index contributed by atoms with van der Waals surface area (Å²) in [5.74, 6) is -0.530. The van der Waals surface area contributed by atoms with Crippen LogP contribution in [0.2, 0.25) is 0 Å². The van der Waals surface area contributed by atoms with Crippen molar-refractivity contribution in [3.8, 4) is 11.1 Å². The number of carbonyl (C=O) groups excluding carboxylic acids is 2. The van der Waals surface area contributed by atoms with Crippen molar-refractivity contribution in [1.29, 1.82) is 0 Å². The highest BCUT2D eigenvalue weighted by Crippen LogP contribution is 2.26. The molecule has 0 unspecified atom stereocenters. The molecule has 1 N–H and O–H groups in total. The molecular weight excluding hydrogens is 234 g/mol. The summed E-state index contributed by atoms with van der Waals surface area (Å²) in [5, 5.41) is 6.37. The highest BCUT2D eigenvalue weighted by Gasteiger charge is 2.22. The van der Waals surface area contributed by atoms with E-state index in [1.807, 2.05) is 29.0 Å². The summed E-state index contributed by atoms with van der Waals surface area (Å²) in [6.07, 6.45) is 0.277. The van der Waals surface area contributed by atoms with Gasteiger partial charge in [0.15, 0.2) is 0 Å². The molecule has 0 atom stereocenters. The van der Waals surface area contributed by atoms with Crippen molar-refractivity contribution in [3.05, 3.63) is 46.2 Å². The number of benzene rings is 1. The molecule has 0 bridgehead atoms. The molecule has 0 saturated heterocycles. The first-order valence-electron chi connectivity index (χ1n) is 5.24. The van der Waals surface area contributed by atoms with Gasteiger partial charge in [-0.1, -0.05) is 6.07 Å². The Kier molecular flexibility index (Phi) is 2.30. The number of fused-ring (bicyclic) bond motifs is 1. The Balaban J connectivity index is 2.10. The molecular formula is C13H9NO2S. The lowest BCUT2D eigenvalue weighted by atomic mass is 9.95. The van der Waals surface area contributed by atoms with E-state index in [4.69, 9.17) is 0 Å². The van der Waals surface area contributed by atoms with Crippen LogP contribution in [0, 0.1) is 0 Å². The Labute approximate surface area is 102 Å². The monoisotopic (exact) mass is 243 g/mol.